The van der Waals surface area contributed by atoms with E-state index in [2.05, 4.69) is 22.4 Å². The zero-order chi connectivity index (χ0) is 16.1. The predicted octanol–water partition coefficient (Wildman–Crippen LogP) is 0.532. The van der Waals surface area contributed by atoms with Crippen molar-refractivity contribution in [3.63, 3.8) is 0 Å². The van der Waals surface area contributed by atoms with Crippen LogP contribution in [-0.2, 0) is 4.74 Å². The molecule has 7 heteroatoms. The molecule has 2 fully saturated rings. The maximum Gasteiger partial charge on any atom is 0.267 e. The number of likely N-dealkylation sites (N-methyl/N-ethyl adjacent to an activating group) is 1. The smallest absolute Gasteiger partial charge is 0.267 e. The van der Waals surface area contributed by atoms with Gasteiger partial charge in [-0.3, -0.25) is 10.2 Å². The van der Waals surface area contributed by atoms with Crippen LogP contribution >= 0.6 is 0 Å². The highest BCUT2D eigenvalue weighted by molar-refractivity contribution is 5.93. The number of rotatable bonds is 4. The first-order valence-corrected chi connectivity index (χ1v) is 8.15. The van der Waals surface area contributed by atoms with Gasteiger partial charge in [-0.25, -0.2) is 9.99 Å². The minimum atomic E-state index is -0.125. The fraction of sp³-hybridized carbons (Fsp3) is 0.625. The van der Waals surface area contributed by atoms with Gasteiger partial charge in [0.15, 0.2) is 0 Å². The second kappa shape index (κ2) is 7.72. The summed E-state index contributed by atoms with van der Waals surface area (Å²) in [7, 11) is 2.08. The summed E-state index contributed by atoms with van der Waals surface area (Å²) in [5.41, 5.74) is 3.47. The number of hydrogen-bond donors (Lipinski definition) is 1. The first-order chi connectivity index (χ1) is 11.2. The van der Waals surface area contributed by atoms with Crippen LogP contribution in [0.25, 0.3) is 0 Å². The van der Waals surface area contributed by atoms with Crippen LogP contribution in [0.2, 0.25) is 0 Å². The van der Waals surface area contributed by atoms with Crippen LogP contribution in [0.5, 0.6) is 5.88 Å². The molecule has 0 radical (unpaired) electrons. The largest absolute Gasteiger partial charge is 0.474 e. The summed E-state index contributed by atoms with van der Waals surface area (Å²) in [6.07, 6.45) is 3.49. The van der Waals surface area contributed by atoms with E-state index in [4.69, 9.17) is 9.47 Å². The standard InChI is InChI=1S/C16H24N4O3/c1-19-6-8-20(9-7-19)18-16(21)13-2-3-15(17-12-13)23-14-4-10-22-11-5-14/h2-3,12,14H,4-11H2,1H3,(H,18,21). The Morgan fingerprint density at radius 2 is 2.00 bits per heavy atom. The van der Waals surface area contributed by atoms with E-state index in [9.17, 15) is 4.79 Å². The Morgan fingerprint density at radius 1 is 1.26 bits per heavy atom. The van der Waals surface area contributed by atoms with E-state index in [-0.39, 0.29) is 12.0 Å². The number of carbonyl (C=O) groups excluding carboxylic acids is 1. The molecule has 7 nitrogen and oxygen atoms in total. The van der Waals surface area contributed by atoms with Crippen LogP contribution in [0.4, 0.5) is 0 Å². The number of nitrogens with one attached hydrogen (secondary N) is 1. The molecule has 2 aliphatic heterocycles. The van der Waals surface area contributed by atoms with E-state index in [1.165, 1.54) is 0 Å². The Kier molecular flexibility index (Phi) is 5.43. The van der Waals surface area contributed by atoms with E-state index in [0.29, 0.717) is 11.4 Å². The van der Waals surface area contributed by atoms with Crippen molar-refractivity contribution < 1.29 is 14.3 Å². The number of amides is 1. The first-order valence-electron chi connectivity index (χ1n) is 8.15. The molecule has 0 spiro atoms. The molecule has 2 aliphatic rings. The second-order valence-corrected chi connectivity index (χ2v) is 6.05. The topological polar surface area (TPSA) is 66.9 Å². The fourth-order valence-corrected chi connectivity index (χ4v) is 2.68. The number of hydrazine groups is 1. The molecule has 3 rings (SSSR count). The van der Waals surface area contributed by atoms with Crippen molar-refractivity contribution in [2.45, 2.75) is 18.9 Å². The van der Waals surface area contributed by atoms with E-state index in [1.54, 1.807) is 18.3 Å². The Labute approximate surface area is 136 Å². The van der Waals surface area contributed by atoms with Gasteiger partial charge in [0.05, 0.1) is 18.8 Å². The molecule has 126 valence electrons. The highest BCUT2D eigenvalue weighted by atomic mass is 16.5. The molecule has 1 aromatic rings. The zero-order valence-electron chi connectivity index (χ0n) is 13.5. The molecule has 1 N–H and O–H groups in total. The molecule has 1 amide bonds. The molecular weight excluding hydrogens is 296 g/mol. The molecule has 0 bridgehead atoms. The van der Waals surface area contributed by atoms with Gasteiger partial charge in [0.1, 0.15) is 6.10 Å². The van der Waals surface area contributed by atoms with Gasteiger partial charge in [0.2, 0.25) is 5.88 Å². The zero-order valence-corrected chi connectivity index (χ0v) is 13.5. The van der Waals surface area contributed by atoms with Crippen molar-refractivity contribution in [3.8, 4) is 5.88 Å². The van der Waals surface area contributed by atoms with E-state index >= 15 is 0 Å². The molecule has 23 heavy (non-hydrogen) atoms. The highest BCUT2D eigenvalue weighted by Crippen LogP contribution is 2.16. The third-order valence-corrected chi connectivity index (χ3v) is 4.22. The predicted molar refractivity (Wildman–Crippen MR) is 85.2 cm³/mol. The van der Waals surface area contributed by atoms with Gasteiger partial charge in [-0.15, -0.1) is 0 Å². The van der Waals surface area contributed by atoms with Gasteiger partial charge in [-0.05, 0) is 13.1 Å². The van der Waals surface area contributed by atoms with Gasteiger partial charge in [-0.2, -0.15) is 0 Å². The monoisotopic (exact) mass is 320 g/mol. The number of piperazine rings is 1. The third-order valence-electron chi connectivity index (χ3n) is 4.22. The summed E-state index contributed by atoms with van der Waals surface area (Å²) in [6, 6.07) is 3.52. The number of ether oxygens (including phenoxy) is 2. The van der Waals surface area contributed by atoms with Gasteiger partial charge in [0, 0.05) is 51.3 Å². The van der Waals surface area contributed by atoms with Crippen molar-refractivity contribution in [2.75, 3.05) is 46.4 Å². The van der Waals surface area contributed by atoms with Crippen LogP contribution < -0.4 is 10.2 Å². The SMILES string of the molecule is CN1CCN(NC(=O)c2ccc(OC3CCOCC3)nc2)CC1. The normalized spacial score (nSPS) is 21.1. The molecule has 0 atom stereocenters. The molecule has 0 aliphatic carbocycles. The highest BCUT2D eigenvalue weighted by Gasteiger charge is 2.18. The van der Waals surface area contributed by atoms with Crippen LogP contribution in [0.1, 0.15) is 23.2 Å². The lowest BCUT2D eigenvalue weighted by Crippen LogP contribution is -2.52. The molecule has 1 aromatic heterocycles. The average Bonchev–Trinajstić information content (AvgIpc) is 2.58. The van der Waals surface area contributed by atoms with Crippen molar-refractivity contribution in [1.29, 1.82) is 0 Å². The number of pyridine rings is 1. The van der Waals surface area contributed by atoms with Crippen LogP contribution in [0.15, 0.2) is 18.3 Å². The van der Waals surface area contributed by atoms with E-state index in [0.717, 1.165) is 52.2 Å². The lowest BCUT2D eigenvalue weighted by atomic mass is 10.1. The van der Waals surface area contributed by atoms with Gasteiger partial charge in [-0.1, -0.05) is 0 Å². The van der Waals surface area contributed by atoms with E-state index < -0.39 is 0 Å². The van der Waals surface area contributed by atoms with Crippen molar-refractivity contribution in [1.82, 2.24) is 20.3 Å². The summed E-state index contributed by atoms with van der Waals surface area (Å²) in [5.74, 6) is 0.438. The van der Waals surface area contributed by atoms with Crippen molar-refractivity contribution in [3.05, 3.63) is 23.9 Å². The second-order valence-electron chi connectivity index (χ2n) is 6.05. The molecule has 0 saturated carbocycles. The summed E-state index contributed by atoms with van der Waals surface area (Å²) in [5, 5.41) is 1.95. The Morgan fingerprint density at radius 3 is 2.65 bits per heavy atom. The molecule has 3 heterocycles. The van der Waals surface area contributed by atoms with Gasteiger partial charge >= 0.3 is 0 Å². The number of aromatic nitrogens is 1. The van der Waals surface area contributed by atoms with E-state index in [1.807, 2.05) is 5.01 Å². The minimum Gasteiger partial charge on any atom is -0.474 e. The third kappa shape index (κ3) is 4.63. The summed E-state index contributed by atoms with van der Waals surface area (Å²) >= 11 is 0. The molecule has 2 saturated heterocycles. The Bertz CT molecular complexity index is 509. The van der Waals surface area contributed by atoms with Gasteiger partial charge < -0.3 is 14.4 Å². The van der Waals surface area contributed by atoms with Crippen molar-refractivity contribution in [2.24, 2.45) is 0 Å². The summed E-state index contributed by atoms with van der Waals surface area (Å²) in [4.78, 5) is 18.7. The molecule has 0 unspecified atom stereocenters. The van der Waals surface area contributed by atoms with Crippen LogP contribution in [0.3, 0.4) is 0 Å². The van der Waals surface area contributed by atoms with Crippen LogP contribution in [-0.4, -0.2) is 73.3 Å². The Balaban J connectivity index is 1.50. The van der Waals surface area contributed by atoms with Crippen LogP contribution in [0, 0.1) is 0 Å². The number of hydrogen-bond acceptors (Lipinski definition) is 6. The van der Waals surface area contributed by atoms with Gasteiger partial charge in [0.25, 0.3) is 5.91 Å². The average molecular weight is 320 g/mol. The minimum absolute atomic E-state index is 0.125. The first kappa shape index (κ1) is 16.2. The quantitative estimate of drug-likeness (QED) is 0.873. The lowest BCUT2D eigenvalue weighted by Gasteiger charge is -2.32. The lowest BCUT2D eigenvalue weighted by molar-refractivity contribution is 0.0237. The number of nitrogens with zero attached hydrogens (tertiary/aromatic N) is 3. The summed E-state index contributed by atoms with van der Waals surface area (Å²) < 4.78 is 11.1. The number of carbonyl (C=O) groups is 1. The van der Waals surface area contributed by atoms with Crippen molar-refractivity contribution >= 4 is 5.91 Å². The summed E-state index contributed by atoms with van der Waals surface area (Å²) in [6.45, 7) is 5.04. The fourth-order valence-electron chi connectivity index (χ4n) is 2.68. The Hall–Kier alpha value is -1.70. The molecule has 0 aromatic carbocycles. The maximum atomic E-state index is 12.2. The maximum absolute atomic E-state index is 12.2. The molecular formula is C16H24N4O3.